The average molecular weight is 460 g/mol. The first kappa shape index (κ1) is 24.1. The lowest BCUT2D eigenvalue weighted by Gasteiger charge is -2.28. The van der Waals surface area contributed by atoms with E-state index in [0.717, 1.165) is 54.6 Å². The highest BCUT2D eigenvalue weighted by molar-refractivity contribution is 5.89. The molecule has 0 spiro atoms. The molecule has 0 saturated heterocycles. The van der Waals surface area contributed by atoms with E-state index >= 15 is 0 Å². The van der Waals surface area contributed by atoms with Crippen LogP contribution in [-0.4, -0.2) is 59.9 Å². The fraction of sp³-hybridized carbons (Fsp3) is 0.464. The molecule has 1 atom stereocenters. The van der Waals surface area contributed by atoms with Crippen molar-refractivity contribution in [3.05, 3.63) is 66.0 Å². The van der Waals surface area contributed by atoms with E-state index in [9.17, 15) is 4.79 Å². The molecular formula is C28H37N5O. The van der Waals surface area contributed by atoms with Gasteiger partial charge < -0.3 is 15.1 Å². The number of nitrogens with one attached hydrogen (secondary N) is 1. The number of carbonyl (C=O) groups excluding carboxylic acids is 1. The zero-order chi connectivity index (χ0) is 23.9. The van der Waals surface area contributed by atoms with Gasteiger partial charge in [0.05, 0.1) is 18.0 Å². The van der Waals surface area contributed by atoms with Crippen molar-refractivity contribution in [3.8, 4) is 0 Å². The first-order valence-electron chi connectivity index (χ1n) is 12.5. The number of hydrogen-bond acceptors (Lipinski definition) is 5. The van der Waals surface area contributed by atoms with Crippen molar-refractivity contribution in [2.24, 2.45) is 5.92 Å². The van der Waals surface area contributed by atoms with Crippen molar-refractivity contribution in [3.63, 3.8) is 0 Å². The topological polar surface area (TPSA) is 61.4 Å². The minimum Gasteiger partial charge on any atom is -0.369 e. The third kappa shape index (κ3) is 5.92. The van der Waals surface area contributed by atoms with E-state index in [1.165, 1.54) is 12.8 Å². The summed E-state index contributed by atoms with van der Waals surface area (Å²) in [5.41, 5.74) is 2.02. The van der Waals surface area contributed by atoms with Gasteiger partial charge in [0.15, 0.2) is 5.82 Å². The van der Waals surface area contributed by atoms with Gasteiger partial charge in [-0.05, 0) is 63.5 Å². The lowest BCUT2D eigenvalue weighted by Crippen LogP contribution is -2.35. The van der Waals surface area contributed by atoms with E-state index in [-0.39, 0.29) is 11.8 Å². The molecule has 6 nitrogen and oxygen atoms in total. The SMILES string of the molecule is CN(C)CCCNc1nc(CN(C)C(=O)C(c2ccccc2)C2CCCC2)nc2ccccc12. The largest absolute Gasteiger partial charge is 0.369 e. The minimum atomic E-state index is -0.0993. The van der Waals surface area contributed by atoms with E-state index in [0.29, 0.717) is 18.3 Å². The van der Waals surface area contributed by atoms with Gasteiger partial charge in [0.25, 0.3) is 0 Å². The molecule has 1 aromatic heterocycles. The second kappa shape index (κ2) is 11.4. The highest BCUT2D eigenvalue weighted by Crippen LogP contribution is 2.38. The van der Waals surface area contributed by atoms with Crippen molar-refractivity contribution in [2.75, 3.05) is 39.5 Å². The molecule has 1 aliphatic rings. The third-order valence-corrected chi connectivity index (χ3v) is 6.77. The van der Waals surface area contributed by atoms with Crippen LogP contribution in [0.1, 0.15) is 49.4 Å². The Morgan fingerprint density at radius 3 is 2.44 bits per heavy atom. The predicted molar refractivity (Wildman–Crippen MR) is 139 cm³/mol. The molecule has 0 radical (unpaired) electrons. The number of benzene rings is 2. The summed E-state index contributed by atoms with van der Waals surface area (Å²) in [6, 6.07) is 18.3. The molecule has 1 N–H and O–H groups in total. The van der Waals surface area contributed by atoms with E-state index in [1.807, 2.05) is 54.4 Å². The fourth-order valence-electron chi connectivity index (χ4n) is 5.03. The molecule has 3 aromatic rings. The van der Waals surface area contributed by atoms with Gasteiger partial charge >= 0.3 is 0 Å². The Morgan fingerprint density at radius 2 is 1.71 bits per heavy atom. The van der Waals surface area contributed by atoms with Gasteiger partial charge in [-0.15, -0.1) is 0 Å². The summed E-state index contributed by atoms with van der Waals surface area (Å²) in [7, 11) is 6.05. The Morgan fingerprint density at radius 1 is 1.00 bits per heavy atom. The number of anilines is 1. The van der Waals surface area contributed by atoms with Crippen LogP contribution >= 0.6 is 0 Å². The second-order valence-electron chi connectivity index (χ2n) is 9.72. The van der Waals surface area contributed by atoms with Gasteiger partial charge in [-0.25, -0.2) is 9.97 Å². The average Bonchev–Trinajstić information content (AvgIpc) is 3.36. The number of amides is 1. The second-order valence-corrected chi connectivity index (χ2v) is 9.72. The molecule has 34 heavy (non-hydrogen) atoms. The van der Waals surface area contributed by atoms with Gasteiger partial charge in [-0.3, -0.25) is 4.79 Å². The summed E-state index contributed by atoms with van der Waals surface area (Å²) in [5, 5.41) is 4.51. The summed E-state index contributed by atoms with van der Waals surface area (Å²) < 4.78 is 0. The quantitative estimate of drug-likeness (QED) is 0.436. The summed E-state index contributed by atoms with van der Waals surface area (Å²) in [5.74, 6) is 1.98. The van der Waals surface area contributed by atoms with Crippen LogP contribution in [0.25, 0.3) is 10.9 Å². The maximum absolute atomic E-state index is 13.7. The molecule has 0 bridgehead atoms. The Bertz CT molecular complexity index is 1080. The lowest BCUT2D eigenvalue weighted by atomic mass is 9.84. The summed E-state index contributed by atoms with van der Waals surface area (Å²) in [6.45, 7) is 2.25. The molecule has 2 aromatic carbocycles. The van der Waals surface area contributed by atoms with Crippen LogP contribution in [-0.2, 0) is 11.3 Å². The monoisotopic (exact) mass is 459 g/mol. The van der Waals surface area contributed by atoms with E-state index in [1.54, 1.807) is 0 Å². The Hall–Kier alpha value is -2.99. The number of nitrogens with zero attached hydrogens (tertiary/aromatic N) is 4. The lowest BCUT2D eigenvalue weighted by molar-refractivity contribution is -0.133. The number of fused-ring (bicyclic) bond motifs is 1. The normalized spacial score (nSPS) is 15.1. The van der Waals surface area contributed by atoms with Crippen LogP contribution in [0.3, 0.4) is 0 Å². The Labute approximate surface area is 203 Å². The highest BCUT2D eigenvalue weighted by Gasteiger charge is 2.33. The highest BCUT2D eigenvalue weighted by atomic mass is 16.2. The van der Waals surface area contributed by atoms with Gasteiger partial charge in [0.1, 0.15) is 5.82 Å². The molecule has 1 aliphatic carbocycles. The maximum atomic E-state index is 13.7. The zero-order valence-electron chi connectivity index (χ0n) is 20.7. The molecule has 180 valence electrons. The van der Waals surface area contributed by atoms with Crippen LogP contribution in [0.4, 0.5) is 5.82 Å². The van der Waals surface area contributed by atoms with Crippen LogP contribution in [0, 0.1) is 5.92 Å². The number of hydrogen-bond donors (Lipinski definition) is 1. The van der Waals surface area contributed by atoms with Crippen molar-refractivity contribution in [2.45, 2.75) is 44.6 Å². The predicted octanol–water partition coefficient (Wildman–Crippen LogP) is 4.93. The van der Waals surface area contributed by atoms with Crippen molar-refractivity contribution in [1.82, 2.24) is 19.8 Å². The standard InChI is InChI=1S/C28H37N5O/c1-32(2)19-11-18-29-27-23-16-9-10-17-24(23)30-25(31-27)20-33(3)28(34)26(22-14-7-8-15-22)21-12-5-4-6-13-21/h4-6,9-10,12-13,16-17,22,26H,7-8,11,14-15,18-20H2,1-3H3,(H,29,30,31). The Balaban J connectivity index is 1.54. The number of aromatic nitrogens is 2. The smallest absolute Gasteiger partial charge is 0.230 e. The zero-order valence-corrected chi connectivity index (χ0v) is 20.7. The van der Waals surface area contributed by atoms with Crippen molar-refractivity contribution >= 4 is 22.6 Å². The van der Waals surface area contributed by atoms with Crippen molar-refractivity contribution < 1.29 is 4.79 Å². The number of carbonyl (C=O) groups is 1. The fourth-order valence-corrected chi connectivity index (χ4v) is 5.03. The molecule has 0 aliphatic heterocycles. The van der Waals surface area contributed by atoms with Gasteiger partial charge in [-0.1, -0.05) is 55.3 Å². The summed E-state index contributed by atoms with van der Waals surface area (Å²) in [6.07, 6.45) is 5.68. The molecule has 1 saturated carbocycles. The van der Waals surface area contributed by atoms with Crippen LogP contribution < -0.4 is 5.32 Å². The Kier molecular flexibility index (Phi) is 8.12. The molecule has 1 fully saturated rings. The maximum Gasteiger partial charge on any atom is 0.230 e. The molecule has 6 heteroatoms. The molecular weight excluding hydrogens is 422 g/mol. The molecule has 1 amide bonds. The van der Waals surface area contributed by atoms with Gasteiger partial charge in [0.2, 0.25) is 5.91 Å². The number of rotatable bonds is 10. The summed E-state index contributed by atoms with van der Waals surface area (Å²) >= 11 is 0. The molecule has 1 unspecified atom stereocenters. The third-order valence-electron chi connectivity index (χ3n) is 6.77. The number of para-hydroxylation sites is 1. The first-order chi connectivity index (χ1) is 16.5. The first-order valence-corrected chi connectivity index (χ1v) is 12.5. The molecule has 1 heterocycles. The summed E-state index contributed by atoms with van der Waals surface area (Å²) in [4.78, 5) is 27.3. The minimum absolute atomic E-state index is 0.0993. The van der Waals surface area contributed by atoms with E-state index < -0.39 is 0 Å². The van der Waals surface area contributed by atoms with E-state index in [4.69, 9.17) is 9.97 Å². The van der Waals surface area contributed by atoms with Crippen LogP contribution in [0.2, 0.25) is 0 Å². The van der Waals surface area contributed by atoms with Crippen molar-refractivity contribution in [1.29, 1.82) is 0 Å². The van der Waals surface area contributed by atoms with Crippen LogP contribution in [0.5, 0.6) is 0 Å². The molecule has 4 rings (SSSR count). The van der Waals surface area contributed by atoms with Gasteiger partial charge in [-0.2, -0.15) is 0 Å². The van der Waals surface area contributed by atoms with Gasteiger partial charge in [0, 0.05) is 19.0 Å². The number of likely N-dealkylation sites (N-methyl/N-ethyl adjacent to an activating group) is 1. The van der Waals surface area contributed by atoms with E-state index in [2.05, 4.69) is 36.4 Å². The van der Waals surface area contributed by atoms with Crippen LogP contribution in [0.15, 0.2) is 54.6 Å².